The van der Waals surface area contributed by atoms with Gasteiger partial charge in [-0.2, -0.15) is 4.98 Å². The van der Waals surface area contributed by atoms with Crippen LogP contribution in [0.25, 0.3) is 10.7 Å². The number of aromatic nitrogens is 2. The lowest BCUT2D eigenvalue weighted by atomic mass is 9.99. The Kier molecular flexibility index (Phi) is 4.94. The molecule has 0 spiro atoms. The molecule has 1 aliphatic rings. The van der Waals surface area contributed by atoms with Crippen molar-refractivity contribution in [3.05, 3.63) is 23.4 Å². The van der Waals surface area contributed by atoms with Gasteiger partial charge >= 0.3 is 0 Å². The van der Waals surface area contributed by atoms with Crippen LogP contribution in [-0.4, -0.2) is 46.0 Å². The molecule has 1 aliphatic heterocycles. The molecule has 1 fully saturated rings. The Labute approximate surface area is 144 Å². The Bertz CT molecular complexity index is 711. The SMILES string of the molecule is CC(C)[C@H]1C(=O)NCCN1C(=O)CCc1nc(-c2cccs2)no1. The van der Waals surface area contributed by atoms with E-state index in [2.05, 4.69) is 15.5 Å². The summed E-state index contributed by atoms with van der Waals surface area (Å²) in [5, 5.41) is 8.70. The van der Waals surface area contributed by atoms with E-state index in [1.165, 1.54) is 11.3 Å². The van der Waals surface area contributed by atoms with Crippen LogP contribution in [0.1, 0.15) is 26.2 Å². The van der Waals surface area contributed by atoms with E-state index in [9.17, 15) is 9.59 Å². The Morgan fingerprint density at radius 1 is 1.54 bits per heavy atom. The molecule has 3 heterocycles. The minimum absolute atomic E-state index is 0.0561. The number of carbonyl (C=O) groups excluding carboxylic acids is 2. The zero-order chi connectivity index (χ0) is 17.1. The molecule has 1 N–H and O–H groups in total. The van der Waals surface area contributed by atoms with Gasteiger partial charge in [0.2, 0.25) is 23.5 Å². The molecule has 0 saturated carbocycles. The summed E-state index contributed by atoms with van der Waals surface area (Å²) in [4.78, 5) is 31.5. The van der Waals surface area contributed by atoms with E-state index < -0.39 is 6.04 Å². The fourth-order valence-electron chi connectivity index (χ4n) is 2.85. The summed E-state index contributed by atoms with van der Waals surface area (Å²) in [5.41, 5.74) is 0. The van der Waals surface area contributed by atoms with Crippen molar-refractivity contribution >= 4 is 23.2 Å². The van der Waals surface area contributed by atoms with Crippen molar-refractivity contribution in [2.45, 2.75) is 32.7 Å². The summed E-state index contributed by atoms with van der Waals surface area (Å²) < 4.78 is 5.22. The Morgan fingerprint density at radius 2 is 2.38 bits per heavy atom. The molecule has 2 aromatic heterocycles. The van der Waals surface area contributed by atoms with E-state index in [1.807, 2.05) is 31.4 Å². The zero-order valence-corrected chi connectivity index (χ0v) is 14.5. The first-order valence-electron chi connectivity index (χ1n) is 8.00. The van der Waals surface area contributed by atoms with Gasteiger partial charge in [0.15, 0.2) is 0 Å². The molecular formula is C16H20N4O3S. The van der Waals surface area contributed by atoms with Crippen LogP contribution in [0.2, 0.25) is 0 Å². The first-order valence-corrected chi connectivity index (χ1v) is 8.88. The maximum atomic E-state index is 12.5. The standard InChI is InChI=1S/C16H20N4O3S/c1-10(2)14-16(22)17-7-8-20(14)13(21)6-5-12-18-15(19-23-12)11-4-3-9-24-11/h3-4,9-10,14H,5-8H2,1-2H3,(H,17,22)/t14-/m0/s1. The topological polar surface area (TPSA) is 88.3 Å². The average Bonchev–Trinajstić information content (AvgIpc) is 3.23. The molecule has 7 nitrogen and oxygen atoms in total. The van der Waals surface area contributed by atoms with Crippen LogP contribution < -0.4 is 5.32 Å². The van der Waals surface area contributed by atoms with Crippen LogP contribution in [-0.2, 0) is 16.0 Å². The minimum Gasteiger partial charge on any atom is -0.353 e. The van der Waals surface area contributed by atoms with Gasteiger partial charge in [-0.05, 0) is 17.4 Å². The maximum Gasteiger partial charge on any atom is 0.243 e. The number of amides is 2. The third kappa shape index (κ3) is 3.48. The van der Waals surface area contributed by atoms with Gasteiger partial charge in [0, 0.05) is 25.9 Å². The van der Waals surface area contributed by atoms with Crippen LogP contribution in [0.15, 0.2) is 22.0 Å². The molecule has 3 rings (SSSR count). The molecule has 1 saturated heterocycles. The van der Waals surface area contributed by atoms with Gasteiger partial charge in [-0.3, -0.25) is 9.59 Å². The van der Waals surface area contributed by atoms with Crippen LogP contribution in [0, 0.1) is 5.92 Å². The predicted molar refractivity (Wildman–Crippen MR) is 89.3 cm³/mol. The van der Waals surface area contributed by atoms with E-state index in [0.717, 1.165) is 4.88 Å². The number of aryl methyl sites for hydroxylation is 1. The van der Waals surface area contributed by atoms with Crippen LogP contribution >= 0.6 is 11.3 Å². The van der Waals surface area contributed by atoms with Gasteiger partial charge in [-0.1, -0.05) is 25.1 Å². The lowest BCUT2D eigenvalue weighted by molar-refractivity contribution is -0.145. The number of hydrogen-bond acceptors (Lipinski definition) is 6. The van der Waals surface area contributed by atoms with Crippen molar-refractivity contribution in [3.63, 3.8) is 0 Å². The van der Waals surface area contributed by atoms with Crippen molar-refractivity contribution < 1.29 is 14.1 Å². The van der Waals surface area contributed by atoms with Crippen molar-refractivity contribution in [2.24, 2.45) is 5.92 Å². The van der Waals surface area contributed by atoms with Gasteiger partial charge < -0.3 is 14.7 Å². The van der Waals surface area contributed by atoms with Gasteiger partial charge in [0.05, 0.1) is 4.88 Å². The molecule has 0 aliphatic carbocycles. The van der Waals surface area contributed by atoms with Crippen LogP contribution in [0.4, 0.5) is 0 Å². The number of rotatable bonds is 5. The highest BCUT2D eigenvalue weighted by molar-refractivity contribution is 7.13. The van der Waals surface area contributed by atoms with Gasteiger partial charge in [-0.15, -0.1) is 11.3 Å². The highest BCUT2D eigenvalue weighted by atomic mass is 32.1. The summed E-state index contributed by atoms with van der Waals surface area (Å²) in [7, 11) is 0. The fraction of sp³-hybridized carbons (Fsp3) is 0.500. The number of hydrogen-bond donors (Lipinski definition) is 1. The molecule has 0 aromatic carbocycles. The molecule has 1 atom stereocenters. The van der Waals surface area contributed by atoms with E-state index in [0.29, 0.717) is 31.2 Å². The second-order valence-corrected chi connectivity index (χ2v) is 7.00. The number of piperazine rings is 1. The molecule has 0 unspecified atom stereocenters. The van der Waals surface area contributed by atoms with Gasteiger partial charge in [0.1, 0.15) is 6.04 Å². The Hall–Kier alpha value is -2.22. The first kappa shape index (κ1) is 16.6. The van der Waals surface area contributed by atoms with E-state index in [-0.39, 0.29) is 24.2 Å². The second kappa shape index (κ2) is 7.12. The summed E-state index contributed by atoms with van der Waals surface area (Å²) >= 11 is 1.54. The number of carbonyl (C=O) groups is 2. The normalized spacial score (nSPS) is 18.0. The lowest BCUT2D eigenvalue weighted by Crippen LogP contribution is -2.59. The Morgan fingerprint density at radius 3 is 3.08 bits per heavy atom. The molecule has 128 valence electrons. The van der Waals surface area contributed by atoms with Crippen molar-refractivity contribution in [1.82, 2.24) is 20.4 Å². The predicted octanol–water partition coefficient (Wildman–Crippen LogP) is 1.71. The molecule has 2 aromatic rings. The zero-order valence-electron chi connectivity index (χ0n) is 13.7. The van der Waals surface area contributed by atoms with Gasteiger partial charge in [0.25, 0.3) is 0 Å². The molecule has 0 radical (unpaired) electrons. The fourth-order valence-corrected chi connectivity index (χ4v) is 3.50. The van der Waals surface area contributed by atoms with Crippen molar-refractivity contribution in [1.29, 1.82) is 0 Å². The van der Waals surface area contributed by atoms with E-state index >= 15 is 0 Å². The smallest absolute Gasteiger partial charge is 0.243 e. The average molecular weight is 348 g/mol. The number of nitrogens with one attached hydrogen (secondary N) is 1. The first-order chi connectivity index (χ1) is 11.6. The monoisotopic (exact) mass is 348 g/mol. The second-order valence-electron chi connectivity index (χ2n) is 6.06. The highest BCUT2D eigenvalue weighted by Gasteiger charge is 2.34. The molecular weight excluding hydrogens is 328 g/mol. The van der Waals surface area contributed by atoms with Crippen LogP contribution in [0.3, 0.4) is 0 Å². The quantitative estimate of drug-likeness (QED) is 0.889. The number of nitrogens with zero attached hydrogens (tertiary/aromatic N) is 3. The van der Waals surface area contributed by atoms with E-state index in [4.69, 9.17) is 4.52 Å². The summed E-state index contributed by atoms with van der Waals surface area (Å²) in [6, 6.07) is 3.44. The third-order valence-electron chi connectivity index (χ3n) is 3.97. The van der Waals surface area contributed by atoms with Gasteiger partial charge in [-0.25, -0.2) is 0 Å². The molecule has 24 heavy (non-hydrogen) atoms. The van der Waals surface area contributed by atoms with Crippen molar-refractivity contribution in [2.75, 3.05) is 13.1 Å². The lowest BCUT2D eigenvalue weighted by Gasteiger charge is -2.37. The Balaban J connectivity index is 1.61. The highest BCUT2D eigenvalue weighted by Crippen LogP contribution is 2.22. The summed E-state index contributed by atoms with van der Waals surface area (Å²) in [6.45, 7) is 4.93. The van der Waals surface area contributed by atoms with E-state index in [1.54, 1.807) is 4.90 Å². The molecule has 0 bridgehead atoms. The molecule has 2 amide bonds. The number of thiophene rings is 1. The van der Waals surface area contributed by atoms with Crippen LogP contribution in [0.5, 0.6) is 0 Å². The molecule has 8 heteroatoms. The maximum absolute atomic E-state index is 12.5. The summed E-state index contributed by atoms with van der Waals surface area (Å²) in [5.74, 6) is 0.920. The van der Waals surface area contributed by atoms with Crippen molar-refractivity contribution in [3.8, 4) is 10.7 Å². The third-order valence-corrected chi connectivity index (χ3v) is 4.84. The summed E-state index contributed by atoms with van der Waals surface area (Å²) in [6.07, 6.45) is 0.628. The minimum atomic E-state index is -0.407. The largest absolute Gasteiger partial charge is 0.353 e.